The second-order valence-corrected chi connectivity index (χ2v) is 11.6. The van der Waals surface area contributed by atoms with Crippen molar-refractivity contribution in [1.29, 1.82) is 0 Å². The van der Waals surface area contributed by atoms with Gasteiger partial charge in [-0.3, -0.25) is 4.79 Å². The fourth-order valence-electron chi connectivity index (χ4n) is 4.70. The predicted octanol–water partition coefficient (Wildman–Crippen LogP) is 3.83. The van der Waals surface area contributed by atoms with Gasteiger partial charge in [0.2, 0.25) is 10.0 Å². The van der Waals surface area contributed by atoms with E-state index in [1.807, 2.05) is 16.5 Å². The summed E-state index contributed by atoms with van der Waals surface area (Å²) in [7, 11) is -3.53. The van der Waals surface area contributed by atoms with Crippen LogP contribution in [-0.2, 0) is 10.0 Å². The maximum Gasteiger partial charge on any atom is 0.253 e. The predicted molar refractivity (Wildman–Crippen MR) is 118 cm³/mol. The molecule has 2 aromatic rings. The molecule has 8 heteroatoms. The van der Waals surface area contributed by atoms with E-state index in [1.165, 1.54) is 0 Å². The molecule has 1 amide bonds. The van der Waals surface area contributed by atoms with Crippen molar-refractivity contribution in [3.05, 3.63) is 46.4 Å². The van der Waals surface area contributed by atoms with Crippen LogP contribution in [0.5, 0.6) is 0 Å². The Bertz CT molecular complexity index is 964. The van der Waals surface area contributed by atoms with Gasteiger partial charge in [0.1, 0.15) is 0 Å². The van der Waals surface area contributed by atoms with Crippen LogP contribution in [0.4, 0.5) is 0 Å². The lowest BCUT2D eigenvalue weighted by Gasteiger charge is -2.34. The fourth-order valence-corrected chi connectivity index (χ4v) is 7.15. The van der Waals surface area contributed by atoms with Crippen LogP contribution in [0.2, 0.25) is 0 Å². The van der Waals surface area contributed by atoms with Crippen molar-refractivity contribution >= 4 is 27.3 Å². The molecule has 3 atom stereocenters. The van der Waals surface area contributed by atoms with Crippen LogP contribution in [0.25, 0.3) is 0 Å². The van der Waals surface area contributed by atoms with Crippen molar-refractivity contribution in [2.45, 2.75) is 43.9 Å². The number of aromatic nitrogens is 1. The number of amides is 1. The Morgan fingerprint density at radius 3 is 2.43 bits per heavy atom. The van der Waals surface area contributed by atoms with Gasteiger partial charge in [-0.1, -0.05) is 13.8 Å². The fraction of sp³-hybridized carbons (Fsp3) is 0.545. The summed E-state index contributed by atoms with van der Waals surface area (Å²) in [4.78, 5) is 19.6. The molecule has 2 fully saturated rings. The molecule has 162 valence electrons. The van der Waals surface area contributed by atoms with Crippen LogP contribution >= 0.6 is 11.3 Å². The summed E-state index contributed by atoms with van der Waals surface area (Å²) in [6.45, 7) is 6.69. The highest BCUT2D eigenvalue weighted by molar-refractivity contribution is 7.89. The topological polar surface area (TPSA) is 70.6 Å². The van der Waals surface area contributed by atoms with Crippen LogP contribution in [-0.4, -0.2) is 54.7 Å². The van der Waals surface area contributed by atoms with Gasteiger partial charge < -0.3 is 4.90 Å². The molecule has 6 nitrogen and oxygen atoms in total. The first kappa shape index (κ1) is 21.5. The highest BCUT2D eigenvalue weighted by Crippen LogP contribution is 2.30. The lowest BCUT2D eigenvalue weighted by molar-refractivity contribution is 0.0707. The molecule has 3 unspecified atom stereocenters. The number of carbonyl (C=O) groups excluding carboxylic acids is 1. The van der Waals surface area contributed by atoms with Gasteiger partial charge in [0.05, 0.1) is 9.90 Å². The van der Waals surface area contributed by atoms with Crippen molar-refractivity contribution in [3.8, 4) is 0 Å². The Balaban J connectivity index is 1.47. The third kappa shape index (κ3) is 4.45. The van der Waals surface area contributed by atoms with Crippen molar-refractivity contribution in [1.82, 2.24) is 14.2 Å². The number of piperidine rings is 2. The number of sulfonamides is 1. The lowest BCUT2D eigenvalue weighted by Crippen LogP contribution is -2.42. The third-order valence-electron chi connectivity index (χ3n) is 6.08. The van der Waals surface area contributed by atoms with E-state index in [-0.39, 0.29) is 16.7 Å². The molecule has 2 aliphatic rings. The van der Waals surface area contributed by atoms with E-state index in [2.05, 4.69) is 18.8 Å². The molecule has 0 radical (unpaired) electrons. The largest absolute Gasteiger partial charge is 0.338 e. The van der Waals surface area contributed by atoms with E-state index < -0.39 is 10.0 Å². The SMILES string of the molecule is CC1CC(C)CN(S(=O)(=O)c2ccc(C(=O)N3CCCC(c4nccs4)C3)cc2)C1. The second kappa shape index (κ2) is 8.77. The summed E-state index contributed by atoms with van der Waals surface area (Å²) in [6, 6.07) is 6.46. The number of carbonyl (C=O) groups is 1. The molecule has 0 aliphatic carbocycles. The Kier molecular flexibility index (Phi) is 6.27. The van der Waals surface area contributed by atoms with Crippen LogP contribution in [0, 0.1) is 11.8 Å². The van der Waals surface area contributed by atoms with Crippen LogP contribution in [0.3, 0.4) is 0 Å². The number of rotatable bonds is 4. The second-order valence-electron chi connectivity index (χ2n) is 8.75. The normalized spacial score (nSPS) is 25.9. The number of benzene rings is 1. The van der Waals surface area contributed by atoms with Crippen LogP contribution in [0.1, 0.15) is 54.4 Å². The maximum absolute atomic E-state index is 13.1. The molecule has 4 rings (SSSR count). The Labute approximate surface area is 183 Å². The zero-order chi connectivity index (χ0) is 21.3. The number of hydrogen-bond acceptors (Lipinski definition) is 5. The minimum atomic E-state index is -3.53. The van der Waals surface area contributed by atoms with Gasteiger partial charge in [0.25, 0.3) is 5.91 Å². The first-order valence-electron chi connectivity index (χ1n) is 10.6. The van der Waals surface area contributed by atoms with E-state index >= 15 is 0 Å². The molecule has 0 saturated carbocycles. The van der Waals surface area contributed by atoms with Gasteiger partial charge >= 0.3 is 0 Å². The van der Waals surface area contributed by atoms with Gasteiger partial charge in [-0.05, 0) is 55.4 Å². The number of thiazole rings is 1. The smallest absolute Gasteiger partial charge is 0.253 e. The Hall–Kier alpha value is -1.77. The quantitative estimate of drug-likeness (QED) is 0.714. The van der Waals surface area contributed by atoms with Crippen molar-refractivity contribution in [2.75, 3.05) is 26.2 Å². The number of likely N-dealkylation sites (tertiary alicyclic amines) is 1. The summed E-state index contributed by atoms with van der Waals surface area (Å²) in [5.74, 6) is 0.953. The molecule has 0 bridgehead atoms. The summed E-state index contributed by atoms with van der Waals surface area (Å²) in [5, 5.41) is 3.05. The lowest BCUT2D eigenvalue weighted by atomic mass is 9.94. The minimum absolute atomic E-state index is 0.0413. The average molecular weight is 448 g/mol. The maximum atomic E-state index is 13.1. The van der Waals surface area contributed by atoms with Crippen molar-refractivity contribution in [2.24, 2.45) is 11.8 Å². The summed E-state index contributed by atoms with van der Waals surface area (Å²) in [5.41, 5.74) is 0.536. The monoisotopic (exact) mass is 447 g/mol. The molecular formula is C22H29N3O3S2. The van der Waals surface area contributed by atoms with Gasteiger partial charge in [-0.25, -0.2) is 13.4 Å². The molecule has 1 aromatic carbocycles. The van der Waals surface area contributed by atoms with Crippen molar-refractivity contribution < 1.29 is 13.2 Å². The van der Waals surface area contributed by atoms with Crippen LogP contribution < -0.4 is 0 Å². The zero-order valence-electron chi connectivity index (χ0n) is 17.5. The molecule has 2 saturated heterocycles. The van der Waals surface area contributed by atoms with E-state index in [9.17, 15) is 13.2 Å². The minimum Gasteiger partial charge on any atom is -0.338 e. The van der Waals surface area contributed by atoms with Gasteiger partial charge in [-0.2, -0.15) is 4.31 Å². The number of hydrogen-bond donors (Lipinski definition) is 0. The molecule has 1 aromatic heterocycles. The van der Waals surface area contributed by atoms with Crippen LogP contribution in [0.15, 0.2) is 40.7 Å². The summed E-state index contributed by atoms with van der Waals surface area (Å²) in [6.07, 6.45) is 4.86. The van der Waals surface area contributed by atoms with E-state index in [1.54, 1.807) is 39.9 Å². The molecule has 2 aliphatic heterocycles. The van der Waals surface area contributed by atoms with Gasteiger partial charge in [0, 0.05) is 49.2 Å². The first-order chi connectivity index (χ1) is 14.3. The average Bonchev–Trinajstić information content (AvgIpc) is 3.28. The standard InChI is InChI=1S/C22H29N3O3S2/c1-16-12-17(2)14-25(13-16)30(27,28)20-7-5-18(6-8-20)22(26)24-10-3-4-19(15-24)21-23-9-11-29-21/h5-9,11,16-17,19H,3-4,10,12-15H2,1-2H3. The van der Waals surface area contributed by atoms with Gasteiger partial charge in [0.15, 0.2) is 0 Å². The molecule has 0 N–H and O–H groups in total. The Morgan fingerprint density at radius 2 is 1.80 bits per heavy atom. The van der Waals surface area contributed by atoms with Gasteiger partial charge in [-0.15, -0.1) is 11.3 Å². The molecule has 0 spiro atoms. The Morgan fingerprint density at radius 1 is 1.10 bits per heavy atom. The molecule has 3 heterocycles. The third-order valence-corrected chi connectivity index (χ3v) is 8.87. The first-order valence-corrected chi connectivity index (χ1v) is 13.0. The highest BCUT2D eigenvalue weighted by Gasteiger charge is 2.32. The zero-order valence-corrected chi connectivity index (χ0v) is 19.2. The van der Waals surface area contributed by atoms with E-state index in [0.29, 0.717) is 37.0 Å². The highest BCUT2D eigenvalue weighted by atomic mass is 32.2. The summed E-state index contributed by atoms with van der Waals surface area (Å²) < 4.78 is 27.7. The van der Waals surface area contributed by atoms with E-state index in [4.69, 9.17) is 0 Å². The van der Waals surface area contributed by atoms with Crippen molar-refractivity contribution in [3.63, 3.8) is 0 Å². The molecular weight excluding hydrogens is 418 g/mol. The molecule has 30 heavy (non-hydrogen) atoms. The summed E-state index contributed by atoms with van der Waals surface area (Å²) >= 11 is 1.64. The number of nitrogens with zero attached hydrogens (tertiary/aromatic N) is 3. The van der Waals surface area contributed by atoms with E-state index in [0.717, 1.165) is 30.8 Å².